The molecule has 0 aliphatic carbocycles. The van der Waals surface area contributed by atoms with Gasteiger partial charge in [0.1, 0.15) is 0 Å². The minimum absolute atomic E-state index is 0.119. The normalized spacial score (nSPS) is 11.8. The predicted molar refractivity (Wildman–Crippen MR) is 245 cm³/mol. The van der Waals surface area contributed by atoms with Crippen LogP contribution in [0.3, 0.4) is 0 Å². The fourth-order valence-electron chi connectivity index (χ4n) is 7.67. The Kier molecular flexibility index (Phi) is 24.7. The number of rotatable bonds is 29. The smallest absolute Gasteiger partial charge is 0.255 e. The monoisotopic (exact) mass is 813 g/mol. The highest BCUT2D eigenvalue weighted by Gasteiger charge is 2.25. The fraction of sp³-hybridized carbons (Fsp3) is 0.696. The maximum absolute atomic E-state index is 14.7. The highest BCUT2D eigenvalue weighted by molar-refractivity contribution is 8.76. The fourth-order valence-corrected chi connectivity index (χ4v) is 10.3. The number of hydrogen-bond acceptors (Lipinski definition) is 8. The van der Waals surface area contributed by atoms with Crippen molar-refractivity contribution in [3.63, 3.8) is 0 Å². The first-order chi connectivity index (χ1) is 26.9. The van der Waals surface area contributed by atoms with Crippen LogP contribution < -0.4 is 0 Å². The van der Waals surface area contributed by atoms with E-state index < -0.39 is 0 Å². The number of carbonyl (C=O) groups is 2. The predicted octanol–water partition coefficient (Wildman–Crippen LogP) is 9.53. The molecule has 0 aliphatic heterocycles. The highest BCUT2D eigenvalue weighted by Crippen LogP contribution is 2.43. The number of carbonyl (C=O) groups excluding carboxylic acids is 2. The zero-order chi connectivity index (χ0) is 41.6. The lowest BCUT2D eigenvalue weighted by Gasteiger charge is -2.28. The highest BCUT2D eigenvalue weighted by atomic mass is 33.1. The average Bonchev–Trinajstić information content (AvgIpc) is 3.18. The molecule has 2 amide bonds. The summed E-state index contributed by atoms with van der Waals surface area (Å²) in [5, 5.41) is 0. The van der Waals surface area contributed by atoms with Gasteiger partial charge in [-0.3, -0.25) is 9.59 Å². The molecule has 318 valence electrons. The van der Waals surface area contributed by atoms with E-state index in [1.54, 1.807) is 21.6 Å². The molecule has 0 N–H and O–H groups in total. The topological polar surface area (TPSA) is 53.6 Å². The first-order valence-corrected chi connectivity index (χ1v) is 24.1. The van der Waals surface area contributed by atoms with E-state index in [0.717, 1.165) is 174 Å². The zero-order valence-corrected chi connectivity index (χ0v) is 39.4. The molecule has 56 heavy (non-hydrogen) atoms. The maximum atomic E-state index is 14.7. The van der Waals surface area contributed by atoms with Crippen molar-refractivity contribution in [3.05, 3.63) is 57.6 Å². The summed E-state index contributed by atoms with van der Waals surface area (Å²) in [6.07, 6.45) is 3.81. The van der Waals surface area contributed by atoms with E-state index in [1.807, 2.05) is 0 Å². The molecule has 0 atom stereocenters. The van der Waals surface area contributed by atoms with Gasteiger partial charge < -0.3 is 29.4 Å². The molecule has 0 fully saturated rings. The van der Waals surface area contributed by atoms with Crippen molar-refractivity contribution in [3.8, 4) is 0 Å². The van der Waals surface area contributed by atoms with Gasteiger partial charge in [-0.1, -0.05) is 89.1 Å². The molecule has 0 aromatic heterocycles. The van der Waals surface area contributed by atoms with Crippen LogP contribution >= 0.6 is 21.6 Å². The molecular weight excluding hydrogens is 733 g/mol. The third-order valence-corrected chi connectivity index (χ3v) is 13.7. The van der Waals surface area contributed by atoms with Gasteiger partial charge in [-0.05, 0) is 166 Å². The molecule has 2 aromatic rings. The molecule has 0 saturated carbocycles. The Morgan fingerprint density at radius 2 is 0.661 bits per heavy atom. The average molecular weight is 813 g/mol. The molecule has 0 bridgehead atoms. The number of aryl methyl sites for hydroxylation is 4. The molecule has 0 aliphatic rings. The van der Waals surface area contributed by atoms with Crippen LogP contribution in [-0.2, 0) is 0 Å². The zero-order valence-electron chi connectivity index (χ0n) is 37.8. The molecule has 0 heterocycles. The Bertz CT molecular complexity index is 1300. The van der Waals surface area contributed by atoms with Crippen LogP contribution in [0.2, 0.25) is 0 Å². The Morgan fingerprint density at radius 3 is 0.893 bits per heavy atom. The molecule has 0 radical (unpaired) electrons. The minimum atomic E-state index is 0.119. The molecular formula is C46H80N6O2S2. The molecule has 2 aromatic carbocycles. The Labute approximate surface area is 351 Å². The van der Waals surface area contributed by atoms with E-state index in [-0.39, 0.29) is 11.8 Å². The van der Waals surface area contributed by atoms with Crippen LogP contribution in [0, 0.1) is 27.7 Å². The van der Waals surface area contributed by atoms with Gasteiger partial charge in [0.2, 0.25) is 0 Å². The van der Waals surface area contributed by atoms with Crippen LogP contribution in [0.1, 0.15) is 124 Å². The van der Waals surface area contributed by atoms with Gasteiger partial charge in [-0.25, -0.2) is 0 Å². The van der Waals surface area contributed by atoms with Crippen molar-refractivity contribution < 1.29 is 9.59 Å². The summed E-state index contributed by atoms with van der Waals surface area (Å²) in [6, 6.07) is 8.62. The summed E-state index contributed by atoms with van der Waals surface area (Å²) in [5.41, 5.74) is 5.90. The van der Waals surface area contributed by atoms with Crippen molar-refractivity contribution in [2.75, 3.05) is 105 Å². The third-order valence-electron chi connectivity index (χ3n) is 11.3. The summed E-state index contributed by atoms with van der Waals surface area (Å²) < 4.78 is 0. The second kappa shape index (κ2) is 27.6. The van der Waals surface area contributed by atoms with Crippen LogP contribution in [0.15, 0.2) is 34.1 Å². The first kappa shape index (κ1) is 50.1. The van der Waals surface area contributed by atoms with Gasteiger partial charge >= 0.3 is 0 Å². The Hall–Kier alpha value is -2.08. The third kappa shape index (κ3) is 16.3. The second-order valence-electron chi connectivity index (χ2n) is 15.2. The number of amides is 2. The van der Waals surface area contributed by atoms with Crippen molar-refractivity contribution in [1.29, 1.82) is 0 Å². The maximum Gasteiger partial charge on any atom is 0.255 e. The number of benzene rings is 2. The first-order valence-electron chi connectivity index (χ1n) is 22.0. The van der Waals surface area contributed by atoms with E-state index in [2.05, 4.69) is 137 Å². The summed E-state index contributed by atoms with van der Waals surface area (Å²) in [6.45, 7) is 41.2. The molecule has 0 unspecified atom stereocenters. The van der Waals surface area contributed by atoms with Crippen molar-refractivity contribution in [2.45, 2.75) is 119 Å². The van der Waals surface area contributed by atoms with Crippen LogP contribution in [0.4, 0.5) is 0 Å². The molecule has 0 saturated heterocycles. The quantitative estimate of drug-likeness (QED) is 0.0754. The lowest BCUT2D eigenvalue weighted by molar-refractivity contribution is 0.0729. The van der Waals surface area contributed by atoms with Crippen molar-refractivity contribution in [2.24, 2.45) is 0 Å². The van der Waals surface area contributed by atoms with E-state index in [0.29, 0.717) is 0 Å². The Morgan fingerprint density at radius 1 is 0.411 bits per heavy atom. The molecule has 0 spiro atoms. The van der Waals surface area contributed by atoms with Gasteiger partial charge in [0.05, 0.1) is 11.1 Å². The standard InChI is InChI=1S/C46H80N6O2S2/c1-13-47(14-2)25-21-29-51(30-22-26-48(15-3)16-4)45(53)43-39(11)33-37(9)35-41(43)55-56-42-36-38(10)34-40(12)44(42)46(54)52(31-23-27-49(17-5)18-6)32-24-28-50(19-7)20-8/h33-36H,13-32H2,1-12H3. The second-order valence-corrected chi connectivity index (χ2v) is 17.4. The number of hydrogen-bond donors (Lipinski definition) is 0. The summed E-state index contributed by atoms with van der Waals surface area (Å²) in [5.74, 6) is 0.239. The lowest BCUT2D eigenvalue weighted by atomic mass is 10.0. The minimum Gasteiger partial charge on any atom is -0.339 e. The van der Waals surface area contributed by atoms with Crippen LogP contribution in [-0.4, -0.2) is 146 Å². The van der Waals surface area contributed by atoms with Crippen molar-refractivity contribution >= 4 is 33.4 Å². The molecule has 2 rings (SSSR count). The summed E-state index contributed by atoms with van der Waals surface area (Å²) >= 11 is 0. The largest absolute Gasteiger partial charge is 0.339 e. The van der Waals surface area contributed by atoms with Gasteiger partial charge in [0.25, 0.3) is 11.8 Å². The van der Waals surface area contributed by atoms with E-state index >= 15 is 0 Å². The SMILES string of the molecule is CCN(CC)CCCN(CCCN(CC)CC)C(=O)c1c(C)cc(C)cc1SSc1cc(C)cc(C)c1C(=O)N(CCCN(CC)CC)CCCN(CC)CC. The van der Waals surface area contributed by atoms with Crippen LogP contribution in [0.5, 0.6) is 0 Å². The van der Waals surface area contributed by atoms with Gasteiger partial charge in [-0.2, -0.15) is 0 Å². The summed E-state index contributed by atoms with van der Waals surface area (Å²) in [7, 11) is 3.26. The van der Waals surface area contributed by atoms with Gasteiger partial charge in [-0.15, -0.1) is 0 Å². The van der Waals surface area contributed by atoms with Crippen LogP contribution in [0.25, 0.3) is 0 Å². The molecule has 10 heteroatoms. The van der Waals surface area contributed by atoms with E-state index in [9.17, 15) is 9.59 Å². The molecule has 8 nitrogen and oxygen atoms in total. The number of nitrogens with zero attached hydrogens (tertiary/aromatic N) is 6. The van der Waals surface area contributed by atoms with Gasteiger partial charge in [0.15, 0.2) is 0 Å². The van der Waals surface area contributed by atoms with Gasteiger partial charge in [0, 0.05) is 36.0 Å². The van der Waals surface area contributed by atoms with E-state index in [1.165, 1.54) is 0 Å². The Balaban J connectivity index is 2.47. The lowest BCUT2D eigenvalue weighted by Crippen LogP contribution is -2.37. The van der Waals surface area contributed by atoms with Crippen molar-refractivity contribution in [1.82, 2.24) is 29.4 Å². The van der Waals surface area contributed by atoms with E-state index in [4.69, 9.17) is 0 Å². The summed E-state index contributed by atoms with van der Waals surface area (Å²) in [4.78, 5) is 45.3.